The number of hydrogen-bond acceptors (Lipinski definition) is 4. The summed E-state index contributed by atoms with van der Waals surface area (Å²) in [5.74, 6) is -0.887. The molecule has 1 aromatic heterocycles. The second-order valence-corrected chi connectivity index (χ2v) is 9.24. The number of methoxy groups -OCH3 is 1. The molecule has 2 aromatic carbocycles. The van der Waals surface area contributed by atoms with Crippen molar-refractivity contribution >= 4 is 5.91 Å². The molecule has 2 atom stereocenters. The normalized spacial score (nSPS) is 17.2. The zero-order valence-electron chi connectivity index (χ0n) is 19.3. The third kappa shape index (κ3) is 4.12. The molecule has 0 spiro atoms. The Bertz CT molecular complexity index is 1220. The fourth-order valence-electron chi connectivity index (χ4n) is 5.10. The molecule has 0 bridgehead atoms. The van der Waals surface area contributed by atoms with Crippen LogP contribution >= 0.6 is 0 Å². The fourth-order valence-corrected chi connectivity index (χ4v) is 5.10. The predicted octanol–water partition coefficient (Wildman–Crippen LogP) is 3.99. The summed E-state index contributed by atoms with van der Waals surface area (Å²) in [5, 5.41) is 4.48. The highest BCUT2D eigenvalue weighted by Crippen LogP contribution is 2.45. The zero-order chi connectivity index (χ0) is 24.0. The van der Waals surface area contributed by atoms with Crippen LogP contribution in [0, 0.1) is 17.6 Å². The number of aryl methyl sites for hydroxylation is 1. The van der Waals surface area contributed by atoms with Gasteiger partial charge in [0.2, 0.25) is 0 Å². The molecule has 2 N–H and O–H groups in total. The molecule has 2 heterocycles. The number of halogens is 2. The van der Waals surface area contributed by atoms with E-state index in [9.17, 15) is 13.6 Å². The summed E-state index contributed by atoms with van der Waals surface area (Å²) in [6.07, 6.45) is 4.45. The van der Waals surface area contributed by atoms with Crippen LogP contribution in [0.25, 0.3) is 11.3 Å². The van der Waals surface area contributed by atoms with Gasteiger partial charge in [-0.1, -0.05) is 6.07 Å². The molecule has 5 rings (SSSR count). The number of ether oxygens (including phenoxy) is 1. The van der Waals surface area contributed by atoms with E-state index in [1.54, 1.807) is 12.0 Å². The summed E-state index contributed by atoms with van der Waals surface area (Å²) in [5.41, 5.74) is 11.0. The standard InChI is InChI=1S/C26H28F2N4O2/c1-31-24(23(13-30-31)25(34-2)16-3-4-16)17-5-6-22-18(10-17)14-32(26(22)33)21(12-29)9-15-7-19(27)11-20(28)8-15/h5-8,10-11,13,16,21,25H,3-4,9,12,14,29H2,1-2H3/t21-,25?/m0/s1. The first kappa shape index (κ1) is 22.7. The number of hydrogen-bond donors (Lipinski definition) is 1. The van der Waals surface area contributed by atoms with E-state index in [-0.39, 0.29) is 31.0 Å². The first-order chi connectivity index (χ1) is 16.4. The molecular weight excluding hydrogens is 438 g/mol. The SMILES string of the molecule is COC(c1cnn(C)c1-c1ccc2c(c1)CN([C@H](CN)Cc1cc(F)cc(F)c1)C2=O)C1CC1. The lowest BCUT2D eigenvalue weighted by molar-refractivity contribution is 0.0708. The van der Waals surface area contributed by atoms with Crippen LogP contribution in [-0.4, -0.2) is 40.3 Å². The maximum atomic E-state index is 13.7. The lowest BCUT2D eigenvalue weighted by Crippen LogP contribution is -2.42. The van der Waals surface area contributed by atoms with Gasteiger partial charge in [0.25, 0.3) is 5.91 Å². The summed E-state index contributed by atoms with van der Waals surface area (Å²) < 4.78 is 35.0. The van der Waals surface area contributed by atoms with Crippen molar-refractivity contribution in [1.29, 1.82) is 0 Å². The molecule has 2 aliphatic rings. The Hall–Kier alpha value is -3.10. The number of amides is 1. The van der Waals surface area contributed by atoms with Gasteiger partial charge in [-0.15, -0.1) is 0 Å². The van der Waals surface area contributed by atoms with Gasteiger partial charge < -0.3 is 15.4 Å². The van der Waals surface area contributed by atoms with E-state index in [0.29, 0.717) is 23.6 Å². The zero-order valence-corrected chi connectivity index (χ0v) is 19.3. The Labute approximate surface area is 197 Å². The van der Waals surface area contributed by atoms with Gasteiger partial charge in [-0.3, -0.25) is 9.48 Å². The molecule has 1 aliphatic heterocycles. The second-order valence-electron chi connectivity index (χ2n) is 9.24. The Morgan fingerprint density at radius 3 is 2.56 bits per heavy atom. The number of fused-ring (bicyclic) bond motifs is 1. The first-order valence-electron chi connectivity index (χ1n) is 11.5. The number of carbonyl (C=O) groups excluding carboxylic acids is 1. The number of nitrogens with two attached hydrogens (primary N) is 1. The summed E-state index contributed by atoms with van der Waals surface area (Å²) in [7, 11) is 3.64. The summed E-state index contributed by atoms with van der Waals surface area (Å²) in [6, 6.07) is 8.86. The third-order valence-corrected chi connectivity index (χ3v) is 6.89. The van der Waals surface area contributed by atoms with Crippen LogP contribution in [0.2, 0.25) is 0 Å². The van der Waals surface area contributed by atoms with Crippen LogP contribution in [-0.2, 0) is 24.8 Å². The summed E-state index contributed by atoms with van der Waals surface area (Å²) in [4.78, 5) is 14.9. The number of aromatic nitrogens is 2. The van der Waals surface area contributed by atoms with Crippen molar-refractivity contribution in [3.8, 4) is 11.3 Å². The molecule has 34 heavy (non-hydrogen) atoms. The van der Waals surface area contributed by atoms with Crippen LogP contribution in [0.1, 0.15) is 46.0 Å². The number of rotatable bonds is 8. The highest BCUT2D eigenvalue weighted by Gasteiger charge is 2.36. The molecule has 1 fully saturated rings. The number of carbonyl (C=O) groups is 1. The van der Waals surface area contributed by atoms with Crippen molar-refractivity contribution in [1.82, 2.24) is 14.7 Å². The van der Waals surface area contributed by atoms with Crippen LogP contribution in [0.15, 0.2) is 42.6 Å². The summed E-state index contributed by atoms with van der Waals surface area (Å²) >= 11 is 0. The van der Waals surface area contributed by atoms with Crippen molar-refractivity contribution in [2.75, 3.05) is 13.7 Å². The quantitative estimate of drug-likeness (QED) is 0.545. The van der Waals surface area contributed by atoms with Crippen molar-refractivity contribution in [3.63, 3.8) is 0 Å². The van der Waals surface area contributed by atoms with Gasteiger partial charge >= 0.3 is 0 Å². The van der Waals surface area contributed by atoms with Crippen molar-refractivity contribution in [3.05, 3.63) is 76.5 Å². The number of benzene rings is 2. The van der Waals surface area contributed by atoms with Crippen molar-refractivity contribution in [2.24, 2.45) is 18.7 Å². The molecule has 1 saturated carbocycles. The maximum absolute atomic E-state index is 13.7. The smallest absolute Gasteiger partial charge is 0.254 e. The molecule has 0 radical (unpaired) electrons. The van der Waals surface area contributed by atoms with Crippen molar-refractivity contribution < 1.29 is 18.3 Å². The van der Waals surface area contributed by atoms with E-state index in [0.717, 1.165) is 41.3 Å². The molecule has 3 aromatic rings. The highest BCUT2D eigenvalue weighted by molar-refractivity contribution is 5.99. The average molecular weight is 467 g/mol. The third-order valence-electron chi connectivity index (χ3n) is 6.89. The van der Waals surface area contributed by atoms with Gasteiger partial charge in [0.1, 0.15) is 11.6 Å². The molecule has 8 heteroatoms. The molecular formula is C26H28F2N4O2. The van der Waals surface area contributed by atoms with E-state index < -0.39 is 11.6 Å². The van der Waals surface area contributed by atoms with Crippen LogP contribution in [0.4, 0.5) is 8.78 Å². The number of nitrogens with zero attached hydrogens (tertiary/aromatic N) is 3. The maximum Gasteiger partial charge on any atom is 0.254 e. The highest BCUT2D eigenvalue weighted by atomic mass is 19.1. The van der Waals surface area contributed by atoms with Gasteiger partial charge in [0.05, 0.1) is 18.0 Å². The van der Waals surface area contributed by atoms with Crippen molar-refractivity contribution in [2.45, 2.75) is 38.0 Å². The van der Waals surface area contributed by atoms with E-state index in [1.807, 2.05) is 36.1 Å². The minimum Gasteiger partial charge on any atom is -0.376 e. The van der Waals surface area contributed by atoms with Crippen LogP contribution < -0.4 is 5.73 Å². The molecule has 178 valence electrons. The predicted molar refractivity (Wildman–Crippen MR) is 124 cm³/mol. The van der Waals surface area contributed by atoms with Gasteiger partial charge in [0.15, 0.2) is 0 Å². The first-order valence-corrected chi connectivity index (χ1v) is 11.5. The van der Waals surface area contributed by atoms with Gasteiger partial charge in [-0.05, 0) is 60.6 Å². The van der Waals surface area contributed by atoms with E-state index in [1.165, 1.54) is 12.1 Å². The van der Waals surface area contributed by atoms with Gasteiger partial charge in [0, 0.05) is 56.0 Å². The lowest BCUT2D eigenvalue weighted by Gasteiger charge is -2.26. The largest absolute Gasteiger partial charge is 0.376 e. The minimum absolute atomic E-state index is 0.00312. The Morgan fingerprint density at radius 1 is 1.18 bits per heavy atom. The van der Waals surface area contributed by atoms with E-state index in [2.05, 4.69) is 5.10 Å². The van der Waals surface area contributed by atoms with E-state index in [4.69, 9.17) is 10.5 Å². The monoisotopic (exact) mass is 466 g/mol. The second kappa shape index (κ2) is 8.92. The Morgan fingerprint density at radius 2 is 1.91 bits per heavy atom. The average Bonchev–Trinajstić information content (AvgIpc) is 3.49. The van der Waals surface area contributed by atoms with E-state index >= 15 is 0 Å². The topological polar surface area (TPSA) is 73.4 Å². The Balaban J connectivity index is 1.42. The Kier molecular flexibility index (Phi) is 5.95. The van der Waals surface area contributed by atoms with Gasteiger partial charge in [-0.2, -0.15) is 5.10 Å². The molecule has 1 unspecified atom stereocenters. The molecule has 1 aliphatic carbocycles. The van der Waals surface area contributed by atoms with Crippen LogP contribution in [0.5, 0.6) is 0 Å². The lowest BCUT2D eigenvalue weighted by atomic mass is 9.98. The fraction of sp³-hybridized carbons (Fsp3) is 0.385. The molecule has 1 amide bonds. The van der Waals surface area contributed by atoms with Crippen LogP contribution in [0.3, 0.4) is 0 Å². The molecule has 0 saturated heterocycles. The minimum atomic E-state index is -0.640. The molecule has 6 nitrogen and oxygen atoms in total. The van der Waals surface area contributed by atoms with Gasteiger partial charge in [-0.25, -0.2) is 8.78 Å². The summed E-state index contributed by atoms with van der Waals surface area (Å²) in [6.45, 7) is 0.582.